The Morgan fingerprint density at radius 2 is 1.70 bits per heavy atom. The average Bonchev–Trinajstić information content (AvgIpc) is 2.97. The predicted octanol–water partition coefficient (Wildman–Crippen LogP) is 2.96. The van der Waals surface area contributed by atoms with E-state index in [-0.39, 0.29) is 0 Å². The first-order chi connectivity index (χ1) is 11.3. The maximum Gasteiger partial charge on any atom is 0.163 e. The molecule has 3 heterocycles. The van der Waals surface area contributed by atoms with Crippen molar-refractivity contribution in [1.29, 1.82) is 0 Å². The molecule has 4 aromatic rings. The van der Waals surface area contributed by atoms with Crippen molar-refractivity contribution in [2.75, 3.05) is 14.2 Å². The fourth-order valence-electron chi connectivity index (χ4n) is 2.62. The summed E-state index contributed by atoms with van der Waals surface area (Å²) in [5.74, 6) is 1.31. The number of nitrogens with zero attached hydrogens (tertiary/aromatic N) is 4. The van der Waals surface area contributed by atoms with E-state index in [1.807, 2.05) is 36.7 Å². The van der Waals surface area contributed by atoms with Crippen LogP contribution in [0.25, 0.3) is 27.7 Å². The molecular weight excluding hydrogens is 292 g/mol. The molecule has 3 aromatic heterocycles. The lowest BCUT2D eigenvalue weighted by molar-refractivity contribution is 0.356. The second kappa shape index (κ2) is 5.24. The molecule has 0 radical (unpaired) electrons. The van der Waals surface area contributed by atoms with Crippen LogP contribution in [-0.4, -0.2) is 33.8 Å². The first kappa shape index (κ1) is 13.5. The van der Waals surface area contributed by atoms with Crippen LogP contribution in [0.2, 0.25) is 0 Å². The summed E-state index contributed by atoms with van der Waals surface area (Å²) < 4.78 is 12.5. The fourth-order valence-corrected chi connectivity index (χ4v) is 2.62. The lowest BCUT2D eigenvalue weighted by atomic mass is 10.1. The van der Waals surface area contributed by atoms with Gasteiger partial charge in [0.2, 0.25) is 0 Å². The fraction of sp³-hybridized carbons (Fsp3) is 0.118. The summed E-state index contributed by atoms with van der Waals surface area (Å²) in [4.78, 5) is 8.60. The molecule has 114 valence electrons. The first-order valence-corrected chi connectivity index (χ1v) is 7.10. The first-order valence-electron chi connectivity index (χ1n) is 7.10. The molecule has 0 N–H and O–H groups in total. The Morgan fingerprint density at radius 3 is 2.43 bits per heavy atom. The zero-order valence-electron chi connectivity index (χ0n) is 12.7. The van der Waals surface area contributed by atoms with E-state index in [1.165, 1.54) is 0 Å². The minimum Gasteiger partial charge on any atom is -0.493 e. The maximum atomic E-state index is 5.36. The van der Waals surface area contributed by atoms with Crippen molar-refractivity contribution in [2.45, 2.75) is 0 Å². The highest BCUT2D eigenvalue weighted by Crippen LogP contribution is 2.33. The third-order valence-corrected chi connectivity index (χ3v) is 3.78. The summed E-state index contributed by atoms with van der Waals surface area (Å²) in [6.45, 7) is 0. The summed E-state index contributed by atoms with van der Waals surface area (Å²) in [6, 6.07) is 7.64. The molecule has 6 heteroatoms. The van der Waals surface area contributed by atoms with Crippen molar-refractivity contribution in [3.05, 3.63) is 49.1 Å². The molecule has 4 rings (SSSR count). The van der Waals surface area contributed by atoms with Crippen LogP contribution in [-0.2, 0) is 0 Å². The molecule has 0 aliphatic heterocycles. The standard InChI is InChI=1S/C17H14N4O2/c1-22-15-7-13-14(8-16(15)23-2)20-21-10-12(9-19-17(13)21)11-3-5-18-6-4-11/h3-10H,1-2H3. The number of hydrogen-bond acceptors (Lipinski definition) is 5. The Balaban J connectivity index is 1.94. The van der Waals surface area contributed by atoms with Crippen LogP contribution in [0.3, 0.4) is 0 Å². The van der Waals surface area contributed by atoms with Crippen LogP contribution in [0.4, 0.5) is 0 Å². The van der Waals surface area contributed by atoms with Crippen LogP contribution in [0.1, 0.15) is 0 Å². The van der Waals surface area contributed by atoms with E-state index in [0.717, 1.165) is 27.7 Å². The van der Waals surface area contributed by atoms with Gasteiger partial charge in [-0.3, -0.25) is 4.98 Å². The van der Waals surface area contributed by atoms with Crippen molar-refractivity contribution >= 4 is 16.6 Å². The predicted molar refractivity (Wildman–Crippen MR) is 86.8 cm³/mol. The molecule has 6 nitrogen and oxygen atoms in total. The lowest BCUT2D eigenvalue weighted by Gasteiger charge is -2.06. The van der Waals surface area contributed by atoms with E-state index in [4.69, 9.17) is 9.47 Å². The van der Waals surface area contributed by atoms with Gasteiger partial charge in [-0.2, -0.15) is 5.10 Å². The summed E-state index contributed by atoms with van der Waals surface area (Å²) in [5.41, 5.74) is 3.61. The minimum absolute atomic E-state index is 0.651. The quantitative estimate of drug-likeness (QED) is 0.582. The van der Waals surface area contributed by atoms with Crippen LogP contribution >= 0.6 is 0 Å². The summed E-state index contributed by atoms with van der Waals surface area (Å²) in [5, 5.41) is 5.51. The van der Waals surface area contributed by atoms with Crippen molar-refractivity contribution in [3.63, 3.8) is 0 Å². The average molecular weight is 306 g/mol. The summed E-state index contributed by atoms with van der Waals surface area (Å²) in [7, 11) is 3.23. The second-order valence-electron chi connectivity index (χ2n) is 5.07. The Labute approximate surface area is 132 Å². The number of ether oxygens (including phenoxy) is 2. The van der Waals surface area contributed by atoms with Crippen LogP contribution in [0, 0.1) is 0 Å². The summed E-state index contributed by atoms with van der Waals surface area (Å²) >= 11 is 0. The third-order valence-electron chi connectivity index (χ3n) is 3.78. The minimum atomic E-state index is 0.651. The van der Waals surface area contributed by atoms with Gasteiger partial charge in [0.15, 0.2) is 17.1 Å². The van der Waals surface area contributed by atoms with Gasteiger partial charge >= 0.3 is 0 Å². The molecule has 0 bridgehead atoms. The molecular formula is C17H14N4O2. The number of pyridine rings is 1. The Bertz CT molecular complexity index is 996. The van der Waals surface area contributed by atoms with Gasteiger partial charge in [-0.1, -0.05) is 0 Å². The Kier molecular flexibility index (Phi) is 3.08. The van der Waals surface area contributed by atoms with Gasteiger partial charge in [0.25, 0.3) is 0 Å². The van der Waals surface area contributed by atoms with Crippen LogP contribution < -0.4 is 9.47 Å². The number of methoxy groups -OCH3 is 2. The monoisotopic (exact) mass is 306 g/mol. The molecule has 23 heavy (non-hydrogen) atoms. The molecule has 0 atom stereocenters. The summed E-state index contributed by atoms with van der Waals surface area (Å²) in [6.07, 6.45) is 7.31. The molecule has 0 amide bonds. The largest absolute Gasteiger partial charge is 0.493 e. The van der Waals surface area contributed by atoms with E-state index in [0.29, 0.717) is 11.5 Å². The lowest BCUT2D eigenvalue weighted by Crippen LogP contribution is -1.91. The SMILES string of the molecule is COc1cc2nn3cc(-c4ccncc4)cnc3c2cc1OC. The Morgan fingerprint density at radius 1 is 0.957 bits per heavy atom. The number of aromatic nitrogens is 4. The van der Waals surface area contributed by atoms with Gasteiger partial charge in [-0.05, 0) is 23.8 Å². The van der Waals surface area contributed by atoms with E-state index < -0.39 is 0 Å². The van der Waals surface area contributed by atoms with Gasteiger partial charge in [0.05, 0.1) is 25.1 Å². The molecule has 0 saturated carbocycles. The molecule has 0 saturated heterocycles. The molecule has 0 fully saturated rings. The highest BCUT2D eigenvalue weighted by molar-refractivity contribution is 5.94. The van der Waals surface area contributed by atoms with Crippen molar-refractivity contribution < 1.29 is 9.47 Å². The van der Waals surface area contributed by atoms with Crippen LogP contribution in [0.5, 0.6) is 11.5 Å². The van der Waals surface area contributed by atoms with Gasteiger partial charge in [0, 0.05) is 36.4 Å². The van der Waals surface area contributed by atoms with Crippen molar-refractivity contribution in [2.24, 2.45) is 0 Å². The third kappa shape index (κ3) is 2.15. The Hall–Kier alpha value is -3.15. The number of benzene rings is 1. The second-order valence-corrected chi connectivity index (χ2v) is 5.07. The van der Waals surface area contributed by atoms with Crippen LogP contribution in [0.15, 0.2) is 49.1 Å². The van der Waals surface area contributed by atoms with E-state index in [1.54, 1.807) is 31.1 Å². The topological polar surface area (TPSA) is 61.5 Å². The van der Waals surface area contributed by atoms with Gasteiger partial charge < -0.3 is 9.47 Å². The smallest absolute Gasteiger partial charge is 0.163 e. The molecule has 0 aliphatic carbocycles. The number of hydrogen-bond donors (Lipinski definition) is 0. The number of fused-ring (bicyclic) bond motifs is 3. The van der Waals surface area contributed by atoms with E-state index >= 15 is 0 Å². The van der Waals surface area contributed by atoms with Gasteiger partial charge in [-0.25, -0.2) is 9.50 Å². The van der Waals surface area contributed by atoms with E-state index in [9.17, 15) is 0 Å². The molecule has 0 unspecified atom stereocenters. The normalized spacial score (nSPS) is 11.0. The van der Waals surface area contributed by atoms with E-state index in [2.05, 4.69) is 15.1 Å². The zero-order valence-corrected chi connectivity index (χ0v) is 12.7. The van der Waals surface area contributed by atoms with Crippen molar-refractivity contribution in [3.8, 4) is 22.6 Å². The van der Waals surface area contributed by atoms with Crippen molar-refractivity contribution in [1.82, 2.24) is 19.6 Å². The number of rotatable bonds is 3. The zero-order chi connectivity index (χ0) is 15.8. The van der Waals surface area contributed by atoms with Gasteiger partial charge in [-0.15, -0.1) is 0 Å². The molecule has 0 spiro atoms. The maximum absolute atomic E-state index is 5.36. The highest BCUT2D eigenvalue weighted by atomic mass is 16.5. The molecule has 1 aromatic carbocycles. The van der Waals surface area contributed by atoms with Gasteiger partial charge in [0.1, 0.15) is 0 Å². The highest BCUT2D eigenvalue weighted by Gasteiger charge is 2.13. The molecule has 0 aliphatic rings.